The highest BCUT2D eigenvalue weighted by Crippen LogP contribution is 2.30. The largest absolute Gasteiger partial charge is 0.481 e. The minimum atomic E-state index is -1.67. The van der Waals surface area contributed by atoms with Gasteiger partial charge in [-0.2, -0.15) is 0 Å². The molecule has 9 unspecified atom stereocenters. The van der Waals surface area contributed by atoms with E-state index in [2.05, 4.69) is 0 Å². The number of carbonyl (C=O) groups excluding carboxylic acids is 1. The van der Waals surface area contributed by atoms with Crippen LogP contribution in [-0.2, 0) is 35.0 Å². The van der Waals surface area contributed by atoms with Gasteiger partial charge in [0.15, 0.2) is 6.29 Å². The number of benzene rings is 1. The summed E-state index contributed by atoms with van der Waals surface area (Å²) in [4.78, 5) is 25.8. The molecule has 2 aromatic rings. The van der Waals surface area contributed by atoms with Gasteiger partial charge in [-0.25, -0.2) is 0 Å². The van der Waals surface area contributed by atoms with E-state index in [0.29, 0.717) is 42.8 Å². The van der Waals surface area contributed by atoms with Crippen LogP contribution in [0.5, 0.6) is 0 Å². The van der Waals surface area contributed by atoms with Crippen LogP contribution in [0.25, 0.3) is 0 Å². The third-order valence-corrected chi connectivity index (χ3v) is 10.9. The van der Waals surface area contributed by atoms with E-state index in [1.54, 1.807) is 63.5 Å². The lowest BCUT2D eigenvalue weighted by molar-refractivity contribution is -0.279. The van der Waals surface area contributed by atoms with Crippen molar-refractivity contribution < 1.29 is 49.0 Å². The van der Waals surface area contributed by atoms with Crippen molar-refractivity contribution in [1.82, 2.24) is 4.90 Å². The molecule has 4 rings (SSSR count). The van der Waals surface area contributed by atoms with Gasteiger partial charge in [0, 0.05) is 40.4 Å². The normalized spacial score (nSPS) is 29.2. The number of carboxylic acids is 1. The van der Waals surface area contributed by atoms with Gasteiger partial charge in [0.2, 0.25) is 0 Å². The monoisotopic (exact) mass is 857 g/mol. The smallest absolute Gasteiger partial charge is 0.308 e. The molecule has 2 aliphatic rings. The number of halogens is 1. The van der Waals surface area contributed by atoms with Crippen LogP contribution in [0.15, 0.2) is 41.8 Å². The Morgan fingerprint density at radius 1 is 1.03 bits per heavy atom. The van der Waals surface area contributed by atoms with Crippen LogP contribution >= 0.6 is 22.9 Å². The van der Waals surface area contributed by atoms with Gasteiger partial charge in [0.25, 0.3) is 0 Å². The number of carbonyl (C=O) groups is 2. The summed E-state index contributed by atoms with van der Waals surface area (Å²) in [6.45, 7) is 16.2. The minimum absolute atomic E-state index is 0.0527. The standard InChI is InChI=1S/C25H46N2O8.C8H7ClO2.C6H7NS.2C2H6/c1-14-8-10-20(35-24-21(28)18(27(5)6)12-15(2)34-24)19(32-7)11-9-17(26)16(3)22(29)25(4,31)13-33-23(14)30;9-7-3-1-6(2-4-7)5-8(10)11;1-5(7)6-3-2-4-8-6;2*1-2/h14-16,18-22,24,26,28-29,31H,8-13H2,1-7H3;1-4H,5H2,(H,10,11);2-4,7H,1H3;2*1-2H3/t14?,15?,16?,18?,19?,20-,21?,22?,24?,25?;;;;/m1..../s1. The van der Waals surface area contributed by atoms with E-state index in [-0.39, 0.29) is 30.9 Å². The topological polar surface area (TPSA) is 203 Å². The summed E-state index contributed by atoms with van der Waals surface area (Å²) in [6, 6.07) is 10.6. The van der Waals surface area contributed by atoms with Gasteiger partial charge in [0.05, 0.1) is 36.8 Å². The lowest BCUT2D eigenvalue weighted by atomic mass is 9.84. The highest BCUT2D eigenvalue weighted by atomic mass is 35.5. The van der Waals surface area contributed by atoms with Crippen molar-refractivity contribution in [3.8, 4) is 0 Å². The molecule has 6 N–H and O–H groups in total. The predicted octanol–water partition coefficient (Wildman–Crippen LogP) is 7.49. The molecule has 0 spiro atoms. The molecule has 13 nitrogen and oxygen atoms in total. The molecule has 10 atom stereocenters. The number of aliphatic carboxylic acids is 1. The van der Waals surface area contributed by atoms with Crippen molar-refractivity contribution in [3.63, 3.8) is 0 Å². The Hall–Kier alpha value is -2.79. The summed E-state index contributed by atoms with van der Waals surface area (Å²) in [5, 5.41) is 58.9. The second-order valence-corrected chi connectivity index (χ2v) is 15.9. The van der Waals surface area contributed by atoms with Crippen LogP contribution in [-0.4, -0.2) is 125 Å². The maximum atomic E-state index is 12.6. The van der Waals surface area contributed by atoms with E-state index in [9.17, 15) is 24.9 Å². The number of carboxylic acid groups (broad SMARTS) is 1. The van der Waals surface area contributed by atoms with Gasteiger partial charge in [0.1, 0.15) is 18.3 Å². The lowest BCUT2D eigenvalue weighted by Gasteiger charge is -2.43. The number of cyclic esters (lactones) is 1. The third-order valence-electron chi connectivity index (χ3n) is 9.61. The highest BCUT2D eigenvalue weighted by Gasteiger charge is 2.42. The minimum Gasteiger partial charge on any atom is -0.481 e. The first-order valence-corrected chi connectivity index (χ1v) is 21.4. The molecule has 332 valence electrons. The van der Waals surface area contributed by atoms with Crippen molar-refractivity contribution in [1.29, 1.82) is 10.8 Å². The number of aliphatic hydroxyl groups excluding tert-OH is 2. The van der Waals surface area contributed by atoms with Gasteiger partial charge >= 0.3 is 11.9 Å². The van der Waals surface area contributed by atoms with Crippen molar-refractivity contribution in [2.75, 3.05) is 27.8 Å². The van der Waals surface area contributed by atoms with Gasteiger partial charge in [-0.1, -0.05) is 71.3 Å². The number of aliphatic hydroxyl groups is 3. The summed E-state index contributed by atoms with van der Waals surface area (Å²) in [6.07, 6.45) is -1.65. The molecule has 58 heavy (non-hydrogen) atoms. The molecule has 0 aliphatic carbocycles. The number of hydrogen-bond acceptors (Lipinski definition) is 13. The summed E-state index contributed by atoms with van der Waals surface area (Å²) in [7, 11) is 5.39. The molecule has 3 heterocycles. The van der Waals surface area contributed by atoms with Gasteiger partial charge in [-0.05, 0) is 96.1 Å². The Labute approximate surface area is 356 Å². The quantitative estimate of drug-likeness (QED) is 0.119. The predicted molar refractivity (Wildman–Crippen MR) is 233 cm³/mol. The number of rotatable bonds is 7. The molecular formula is C43H72ClN3O10S. The molecule has 0 bridgehead atoms. The molecule has 2 saturated heterocycles. The zero-order chi connectivity index (χ0) is 44.7. The first kappa shape index (κ1) is 55.2. The fourth-order valence-corrected chi connectivity index (χ4v) is 6.89. The molecule has 15 heteroatoms. The first-order valence-electron chi connectivity index (χ1n) is 20.1. The van der Waals surface area contributed by atoms with Crippen molar-refractivity contribution in [3.05, 3.63) is 57.2 Å². The van der Waals surface area contributed by atoms with Crippen LogP contribution in [0.3, 0.4) is 0 Å². The molecule has 1 aromatic heterocycles. The Balaban J connectivity index is 0.00000114. The number of nitrogens with one attached hydrogen (secondary N) is 2. The second-order valence-electron chi connectivity index (χ2n) is 14.6. The Kier molecular flexibility index (Phi) is 27.3. The number of ether oxygens (including phenoxy) is 4. The Morgan fingerprint density at radius 2 is 1.64 bits per heavy atom. The third kappa shape index (κ3) is 19.5. The van der Waals surface area contributed by atoms with Gasteiger partial charge in [-0.3, -0.25) is 9.59 Å². The summed E-state index contributed by atoms with van der Waals surface area (Å²) < 4.78 is 23.4. The molecule has 1 aromatic carbocycles. The van der Waals surface area contributed by atoms with Crippen LogP contribution in [0.2, 0.25) is 5.02 Å². The van der Waals surface area contributed by atoms with E-state index < -0.39 is 60.1 Å². The summed E-state index contributed by atoms with van der Waals surface area (Å²) >= 11 is 7.21. The van der Waals surface area contributed by atoms with E-state index in [1.807, 2.05) is 71.1 Å². The number of methoxy groups -OCH3 is 1. The number of thiophene rings is 1. The van der Waals surface area contributed by atoms with E-state index >= 15 is 0 Å². The Morgan fingerprint density at radius 3 is 2.12 bits per heavy atom. The van der Waals surface area contributed by atoms with E-state index in [4.69, 9.17) is 46.5 Å². The van der Waals surface area contributed by atoms with E-state index in [0.717, 1.165) is 10.4 Å². The van der Waals surface area contributed by atoms with Crippen molar-refractivity contribution >= 4 is 46.3 Å². The van der Waals surface area contributed by atoms with Crippen molar-refractivity contribution in [2.24, 2.45) is 11.8 Å². The second kappa shape index (κ2) is 28.6. The van der Waals surface area contributed by atoms with Crippen LogP contribution in [0, 0.1) is 22.7 Å². The SMILES string of the molecule is CC.CC.CC(=N)c1cccs1.COC1CCC(=N)C(C)C(O)C(C)(O)COC(=O)C(C)CC[C@H]1OC1OC(C)CC(N(C)C)C1O.O=C(O)Cc1ccc(Cl)cc1. The zero-order valence-electron chi connectivity index (χ0n) is 36.7. The lowest BCUT2D eigenvalue weighted by Crippen LogP contribution is -2.55. The van der Waals surface area contributed by atoms with Crippen LogP contribution < -0.4 is 0 Å². The maximum Gasteiger partial charge on any atom is 0.308 e. The first-order chi connectivity index (χ1) is 27.3. The van der Waals surface area contributed by atoms with Crippen LogP contribution in [0.1, 0.15) is 105 Å². The fraction of sp³-hybridized carbons (Fsp3) is 0.674. The van der Waals surface area contributed by atoms with Gasteiger partial charge in [-0.15, -0.1) is 11.3 Å². The Bertz CT molecular complexity index is 1460. The molecule has 2 aliphatic heterocycles. The number of likely N-dealkylation sites (N-methyl/N-ethyl adjacent to an activating group) is 1. The van der Waals surface area contributed by atoms with Crippen LogP contribution in [0.4, 0.5) is 0 Å². The van der Waals surface area contributed by atoms with Crippen molar-refractivity contribution in [2.45, 2.75) is 149 Å². The molecule has 0 radical (unpaired) electrons. The van der Waals surface area contributed by atoms with E-state index in [1.165, 1.54) is 6.92 Å². The molecule has 2 fully saturated rings. The maximum absolute atomic E-state index is 12.6. The number of hydrogen-bond donors (Lipinski definition) is 6. The fourth-order valence-electron chi connectivity index (χ4n) is 6.12. The number of nitrogens with zero attached hydrogens (tertiary/aromatic N) is 1. The summed E-state index contributed by atoms with van der Waals surface area (Å²) in [5.74, 6) is -2.44. The molecule has 0 saturated carbocycles. The zero-order valence-corrected chi connectivity index (χ0v) is 38.2. The summed E-state index contributed by atoms with van der Waals surface area (Å²) in [5.41, 5.74) is -0.00136. The molecular weight excluding hydrogens is 786 g/mol. The molecule has 0 amide bonds. The van der Waals surface area contributed by atoms with Gasteiger partial charge < -0.3 is 55.1 Å². The highest BCUT2D eigenvalue weighted by molar-refractivity contribution is 7.12. The number of esters is 1. The average Bonchev–Trinajstić information content (AvgIpc) is 3.75. The average molecular weight is 859 g/mol.